The van der Waals surface area contributed by atoms with Crippen LogP contribution in [0, 0.1) is 0 Å². The molecule has 5 heteroatoms. The minimum atomic E-state index is -0.682. The van der Waals surface area contributed by atoms with Crippen LogP contribution in [-0.4, -0.2) is 5.78 Å². The molecule has 114 valence electrons. The number of carbonyl (C=O) groups excluding carboxylic acids is 1. The van der Waals surface area contributed by atoms with E-state index >= 15 is 0 Å². The number of rotatable bonds is 3. The van der Waals surface area contributed by atoms with E-state index in [-0.39, 0.29) is 10.6 Å². The number of benzene rings is 2. The summed E-state index contributed by atoms with van der Waals surface area (Å²) < 4.78 is 6.02. The van der Waals surface area contributed by atoms with E-state index in [4.69, 9.17) is 16.0 Å². The smallest absolute Gasteiger partial charge is 0.347 e. The maximum absolute atomic E-state index is 12.3. The standard InChI is InChI=1S/C18H10BrClO3/c19-13-6-7-17-12(8-13)9-14(18(22)23-17)16(21)10-15(20)11-4-2-1-3-5-11/h1-10H. The molecule has 0 spiro atoms. The van der Waals surface area contributed by atoms with Gasteiger partial charge >= 0.3 is 5.63 Å². The van der Waals surface area contributed by atoms with E-state index in [0.29, 0.717) is 16.5 Å². The van der Waals surface area contributed by atoms with Crippen molar-refractivity contribution < 1.29 is 9.21 Å². The second-order valence-corrected chi connectivity index (χ2v) is 6.18. The lowest BCUT2D eigenvalue weighted by atomic mass is 10.1. The summed E-state index contributed by atoms with van der Waals surface area (Å²) in [6.45, 7) is 0. The van der Waals surface area contributed by atoms with Crippen molar-refractivity contribution in [3.8, 4) is 0 Å². The van der Waals surface area contributed by atoms with Crippen LogP contribution in [0.4, 0.5) is 0 Å². The van der Waals surface area contributed by atoms with Crippen LogP contribution >= 0.6 is 27.5 Å². The fourth-order valence-electron chi connectivity index (χ4n) is 2.14. The first-order valence-electron chi connectivity index (χ1n) is 6.75. The maximum atomic E-state index is 12.3. The summed E-state index contributed by atoms with van der Waals surface area (Å²) in [5.41, 5.74) is 0.395. The number of hydrogen-bond acceptors (Lipinski definition) is 3. The van der Waals surface area contributed by atoms with Crippen molar-refractivity contribution in [2.24, 2.45) is 0 Å². The Bertz CT molecular complexity index is 974. The molecule has 0 saturated heterocycles. The highest BCUT2D eigenvalue weighted by Crippen LogP contribution is 2.21. The summed E-state index contributed by atoms with van der Waals surface area (Å²) in [7, 11) is 0. The van der Waals surface area contributed by atoms with Gasteiger partial charge in [0.25, 0.3) is 0 Å². The van der Waals surface area contributed by atoms with Crippen LogP contribution < -0.4 is 5.63 Å². The molecule has 0 saturated carbocycles. The lowest BCUT2D eigenvalue weighted by Crippen LogP contribution is -2.12. The Morgan fingerprint density at radius 3 is 2.57 bits per heavy atom. The molecular formula is C18H10BrClO3. The zero-order chi connectivity index (χ0) is 16.4. The highest BCUT2D eigenvalue weighted by molar-refractivity contribution is 9.10. The zero-order valence-corrected chi connectivity index (χ0v) is 14.1. The molecule has 2 aromatic carbocycles. The zero-order valence-electron chi connectivity index (χ0n) is 11.8. The first-order valence-corrected chi connectivity index (χ1v) is 7.92. The molecule has 3 rings (SSSR count). The largest absolute Gasteiger partial charge is 0.422 e. The molecule has 0 atom stereocenters. The van der Waals surface area contributed by atoms with Gasteiger partial charge in [0.15, 0.2) is 5.78 Å². The fraction of sp³-hybridized carbons (Fsp3) is 0. The number of hydrogen-bond donors (Lipinski definition) is 0. The van der Waals surface area contributed by atoms with Crippen molar-refractivity contribution in [2.75, 3.05) is 0 Å². The first kappa shape index (κ1) is 15.7. The predicted octanol–water partition coefficient (Wildman–Crippen LogP) is 5.02. The van der Waals surface area contributed by atoms with Crippen LogP contribution in [-0.2, 0) is 0 Å². The summed E-state index contributed by atoms with van der Waals surface area (Å²) in [5, 5.41) is 0.927. The van der Waals surface area contributed by atoms with Crippen LogP contribution in [0.3, 0.4) is 0 Å². The third-order valence-corrected chi connectivity index (χ3v) is 4.09. The van der Waals surface area contributed by atoms with E-state index in [2.05, 4.69) is 15.9 Å². The molecule has 0 N–H and O–H groups in total. The number of halogens is 2. The molecule has 1 aromatic heterocycles. The van der Waals surface area contributed by atoms with Gasteiger partial charge in [-0.3, -0.25) is 4.79 Å². The highest BCUT2D eigenvalue weighted by Gasteiger charge is 2.13. The number of fused-ring (bicyclic) bond motifs is 1. The Hall–Kier alpha value is -2.17. The third kappa shape index (κ3) is 3.44. The van der Waals surface area contributed by atoms with Gasteiger partial charge in [0.1, 0.15) is 11.1 Å². The monoisotopic (exact) mass is 388 g/mol. The van der Waals surface area contributed by atoms with E-state index in [1.165, 1.54) is 12.1 Å². The van der Waals surface area contributed by atoms with E-state index in [0.717, 1.165) is 4.47 Å². The van der Waals surface area contributed by atoms with Crippen LogP contribution in [0.1, 0.15) is 15.9 Å². The van der Waals surface area contributed by atoms with Crippen LogP contribution in [0.25, 0.3) is 16.0 Å². The predicted molar refractivity (Wildman–Crippen MR) is 94.8 cm³/mol. The van der Waals surface area contributed by atoms with Gasteiger partial charge in [-0.05, 0) is 29.8 Å². The van der Waals surface area contributed by atoms with Gasteiger partial charge in [0.2, 0.25) is 0 Å². The molecule has 0 fully saturated rings. The molecule has 3 nitrogen and oxygen atoms in total. The van der Waals surface area contributed by atoms with Gasteiger partial charge < -0.3 is 4.42 Å². The molecule has 0 unspecified atom stereocenters. The SMILES string of the molecule is O=C(C=C(Cl)c1ccccc1)c1cc2cc(Br)ccc2oc1=O. The Morgan fingerprint density at radius 2 is 1.83 bits per heavy atom. The summed E-state index contributed by atoms with van der Waals surface area (Å²) in [4.78, 5) is 24.4. The summed E-state index contributed by atoms with van der Waals surface area (Å²) in [6, 6.07) is 15.8. The second kappa shape index (κ2) is 6.52. The summed E-state index contributed by atoms with van der Waals surface area (Å²) in [5.74, 6) is -0.491. The summed E-state index contributed by atoms with van der Waals surface area (Å²) >= 11 is 9.49. The van der Waals surface area contributed by atoms with Gasteiger partial charge in [-0.25, -0.2) is 4.79 Å². The van der Waals surface area contributed by atoms with Crippen molar-refractivity contribution in [3.05, 3.63) is 86.7 Å². The van der Waals surface area contributed by atoms with E-state index < -0.39 is 11.4 Å². The molecule has 0 radical (unpaired) electrons. The number of ketones is 1. The fourth-order valence-corrected chi connectivity index (χ4v) is 2.74. The molecule has 0 aliphatic rings. The van der Waals surface area contributed by atoms with E-state index in [1.54, 1.807) is 30.3 Å². The highest BCUT2D eigenvalue weighted by atomic mass is 79.9. The van der Waals surface area contributed by atoms with Crippen LogP contribution in [0.15, 0.2) is 74.4 Å². The first-order chi connectivity index (χ1) is 11.0. The lowest BCUT2D eigenvalue weighted by molar-refractivity contribution is 0.104. The van der Waals surface area contributed by atoms with Gasteiger partial charge in [-0.15, -0.1) is 0 Å². The van der Waals surface area contributed by atoms with Crippen LogP contribution in [0.5, 0.6) is 0 Å². The molecular weight excluding hydrogens is 380 g/mol. The van der Waals surface area contributed by atoms with Gasteiger partial charge in [-0.1, -0.05) is 57.9 Å². The second-order valence-electron chi connectivity index (χ2n) is 4.85. The Labute approximate surface area is 145 Å². The molecule has 0 aliphatic heterocycles. The van der Waals surface area contributed by atoms with Crippen molar-refractivity contribution in [3.63, 3.8) is 0 Å². The topological polar surface area (TPSA) is 47.3 Å². The average molecular weight is 390 g/mol. The third-order valence-electron chi connectivity index (χ3n) is 3.27. The minimum absolute atomic E-state index is 0.0512. The lowest BCUT2D eigenvalue weighted by Gasteiger charge is -2.01. The number of carbonyl (C=O) groups is 1. The normalized spacial score (nSPS) is 11.7. The summed E-state index contributed by atoms with van der Waals surface area (Å²) in [6.07, 6.45) is 1.23. The van der Waals surface area contributed by atoms with Crippen molar-refractivity contribution in [2.45, 2.75) is 0 Å². The van der Waals surface area contributed by atoms with Gasteiger partial charge in [0.05, 0.1) is 5.03 Å². The Balaban J connectivity index is 2.04. The van der Waals surface area contributed by atoms with Gasteiger partial charge in [0, 0.05) is 15.9 Å². The van der Waals surface area contributed by atoms with Crippen molar-refractivity contribution in [1.82, 2.24) is 0 Å². The molecule has 23 heavy (non-hydrogen) atoms. The molecule has 0 amide bonds. The molecule has 3 aromatic rings. The van der Waals surface area contributed by atoms with E-state index in [1.807, 2.05) is 18.2 Å². The van der Waals surface area contributed by atoms with Crippen molar-refractivity contribution in [1.29, 1.82) is 0 Å². The molecule has 0 aliphatic carbocycles. The number of allylic oxidation sites excluding steroid dienone is 1. The van der Waals surface area contributed by atoms with Crippen molar-refractivity contribution >= 4 is 49.3 Å². The van der Waals surface area contributed by atoms with Gasteiger partial charge in [-0.2, -0.15) is 0 Å². The quantitative estimate of drug-likeness (QED) is 0.359. The average Bonchev–Trinajstić information content (AvgIpc) is 2.55. The molecule has 0 bridgehead atoms. The minimum Gasteiger partial charge on any atom is -0.422 e. The van der Waals surface area contributed by atoms with E-state index in [9.17, 15) is 9.59 Å². The Morgan fingerprint density at radius 1 is 1.09 bits per heavy atom. The Kier molecular flexibility index (Phi) is 4.46. The molecule has 1 heterocycles. The maximum Gasteiger partial charge on any atom is 0.347 e. The van der Waals surface area contributed by atoms with Crippen LogP contribution in [0.2, 0.25) is 0 Å².